The molecule has 0 radical (unpaired) electrons. The van der Waals surface area contributed by atoms with Crippen LogP contribution in [0, 0.1) is 11.3 Å². The molecule has 9 heteroatoms. The van der Waals surface area contributed by atoms with Gasteiger partial charge in [-0.3, -0.25) is 4.57 Å². The van der Waals surface area contributed by atoms with E-state index in [-0.39, 0.29) is 37.0 Å². The van der Waals surface area contributed by atoms with Gasteiger partial charge in [0, 0.05) is 12.1 Å². The normalized spacial score (nSPS) is 25.5. The molecule has 0 saturated heterocycles. The van der Waals surface area contributed by atoms with Gasteiger partial charge in [-0.25, -0.2) is 4.67 Å². The Hall–Kier alpha value is -1.62. The molecule has 2 bridgehead atoms. The van der Waals surface area contributed by atoms with Gasteiger partial charge < -0.3 is 24.0 Å². The average Bonchev–Trinajstić information content (AvgIpc) is 3.19. The van der Waals surface area contributed by atoms with E-state index in [0.717, 1.165) is 0 Å². The summed E-state index contributed by atoms with van der Waals surface area (Å²) in [6.45, 7) is 12.9. The van der Waals surface area contributed by atoms with Crippen LogP contribution >= 0.6 is 8.53 Å². The number of aromatic nitrogens is 1. The first-order valence-electron chi connectivity index (χ1n) is 10.3. The van der Waals surface area contributed by atoms with Crippen molar-refractivity contribution in [3.8, 4) is 17.8 Å². The smallest absolute Gasteiger partial charge is 0.259 e. The molecule has 0 aliphatic carbocycles. The number of nitrogens with zero attached hydrogens (tertiary/aromatic N) is 3. The lowest BCUT2D eigenvalue weighted by molar-refractivity contribution is -0.0521. The lowest BCUT2D eigenvalue weighted by atomic mass is 9.86. The summed E-state index contributed by atoms with van der Waals surface area (Å²) in [7, 11) is -1.38. The third kappa shape index (κ3) is 3.86. The fraction of sp³-hybridized carbons (Fsp3) is 0.667. The van der Waals surface area contributed by atoms with Crippen molar-refractivity contribution >= 4 is 8.53 Å². The van der Waals surface area contributed by atoms with Crippen LogP contribution in [-0.4, -0.2) is 44.7 Å². The lowest BCUT2D eigenvalue weighted by Gasteiger charge is -2.35. The topological polar surface area (TPSA) is 100 Å². The zero-order chi connectivity index (χ0) is 22.3. The van der Waals surface area contributed by atoms with Gasteiger partial charge in [0.2, 0.25) is 11.8 Å². The van der Waals surface area contributed by atoms with Crippen LogP contribution in [-0.2, 0) is 31.5 Å². The van der Waals surface area contributed by atoms with E-state index < -0.39 is 19.7 Å². The van der Waals surface area contributed by atoms with Crippen molar-refractivity contribution in [1.82, 2.24) is 9.24 Å². The molecule has 3 atom stereocenters. The Morgan fingerprint density at radius 1 is 1.07 bits per heavy atom. The molecule has 3 rings (SSSR count). The van der Waals surface area contributed by atoms with Crippen LogP contribution in [0.5, 0.6) is 11.8 Å². The van der Waals surface area contributed by atoms with Crippen LogP contribution in [0.25, 0.3) is 0 Å². The largest absolute Gasteiger partial charge is 0.494 e. The van der Waals surface area contributed by atoms with Gasteiger partial charge in [-0.2, -0.15) is 5.26 Å². The molecule has 1 unspecified atom stereocenters. The van der Waals surface area contributed by atoms with Crippen molar-refractivity contribution in [1.29, 1.82) is 5.26 Å². The van der Waals surface area contributed by atoms with E-state index in [1.807, 2.05) is 26.0 Å². The molecule has 2 N–H and O–H groups in total. The maximum atomic E-state index is 10.8. The molecule has 1 aromatic heterocycles. The van der Waals surface area contributed by atoms with E-state index in [9.17, 15) is 10.2 Å². The highest BCUT2D eigenvalue weighted by molar-refractivity contribution is 7.44. The molecule has 2 aliphatic heterocycles. The number of hydrogen-bond donors (Lipinski definition) is 2. The quantitative estimate of drug-likeness (QED) is 0.321. The van der Waals surface area contributed by atoms with E-state index in [4.69, 9.17) is 19.0 Å². The minimum absolute atomic E-state index is 0.000905. The summed E-state index contributed by atoms with van der Waals surface area (Å²) >= 11 is 0. The molecule has 3 heterocycles. The van der Waals surface area contributed by atoms with Crippen LogP contribution in [0.15, 0.2) is 12.2 Å². The number of ether oxygens (including phenoxy) is 1. The Morgan fingerprint density at radius 3 is 2.03 bits per heavy atom. The molecular formula is C21H32N3O5P. The first-order chi connectivity index (χ1) is 14.1. The van der Waals surface area contributed by atoms with Gasteiger partial charge in [0.15, 0.2) is 0 Å². The van der Waals surface area contributed by atoms with Gasteiger partial charge in [-0.15, -0.1) is 0 Å². The number of hydrogen-bond acceptors (Lipinski definition) is 7. The van der Waals surface area contributed by atoms with Crippen LogP contribution in [0.2, 0.25) is 0 Å². The van der Waals surface area contributed by atoms with Crippen molar-refractivity contribution < 1.29 is 24.0 Å². The van der Waals surface area contributed by atoms with Crippen LogP contribution < -0.4 is 0 Å². The van der Waals surface area contributed by atoms with Gasteiger partial charge in [0.1, 0.15) is 11.2 Å². The minimum atomic E-state index is -1.38. The van der Waals surface area contributed by atoms with Crippen LogP contribution in [0.3, 0.4) is 0 Å². The first-order valence-corrected chi connectivity index (χ1v) is 11.5. The van der Waals surface area contributed by atoms with Crippen LogP contribution in [0.4, 0.5) is 0 Å². The summed E-state index contributed by atoms with van der Waals surface area (Å²) < 4.78 is 21.6. The van der Waals surface area contributed by atoms with Gasteiger partial charge in [0.05, 0.1) is 43.4 Å². The second-order valence-electron chi connectivity index (χ2n) is 8.58. The zero-order valence-electron chi connectivity index (χ0n) is 18.5. The number of fused-ring (bicyclic) bond motifs is 5. The van der Waals surface area contributed by atoms with Crippen LogP contribution in [0.1, 0.15) is 59.1 Å². The molecule has 30 heavy (non-hydrogen) atoms. The molecule has 0 aromatic carbocycles. The van der Waals surface area contributed by atoms with Crippen molar-refractivity contribution in [2.45, 2.75) is 77.8 Å². The van der Waals surface area contributed by atoms with Crippen molar-refractivity contribution in [3.63, 3.8) is 0 Å². The van der Waals surface area contributed by atoms with E-state index >= 15 is 0 Å². The highest BCUT2D eigenvalue weighted by atomic mass is 31.2. The maximum absolute atomic E-state index is 10.8. The fourth-order valence-electron chi connectivity index (χ4n) is 4.36. The molecule has 0 fully saturated rings. The minimum Gasteiger partial charge on any atom is -0.494 e. The molecule has 166 valence electrons. The zero-order valence-corrected chi connectivity index (χ0v) is 19.4. The van der Waals surface area contributed by atoms with Gasteiger partial charge in [-0.05, 0) is 53.7 Å². The second kappa shape index (κ2) is 8.49. The van der Waals surface area contributed by atoms with Crippen molar-refractivity contribution in [3.05, 3.63) is 23.3 Å². The molecule has 0 saturated carbocycles. The average molecular weight is 437 g/mol. The lowest BCUT2D eigenvalue weighted by Crippen LogP contribution is -2.34. The summed E-state index contributed by atoms with van der Waals surface area (Å²) in [5, 5.41) is 30.5. The summed E-state index contributed by atoms with van der Waals surface area (Å²) in [5.74, 6) is 0.00181. The second-order valence-corrected chi connectivity index (χ2v) is 10.0. The fourth-order valence-corrected chi connectivity index (χ4v) is 5.95. The van der Waals surface area contributed by atoms with Gasteiger partial charge in [0.25, 0.3) is 8.53 Å². The number of rotatable bonds is 10. The van der Waals surface area contributed by atoms with E-state index in [2.05, 4.69) is 38.4 Å². The van der Waals surface area contributed by atoms with E-state index in [0.29, 0.717) is 24.2 Å². The summed E-state index contributed by atoms with van der Waals surface area (Å²) in [5.41, 5.74) is -0.250. The molecule has 0 amide bonds. The maximum Gasteiger partial charge on any atom is 0.259 e. The Kier molecular flexibility index (Phi) is 6.52. The summed E-state index contributed by atoms with van der Waals surface area (Å²) in [6, 6.07) is 2.49. The Labute approximate surface area is 179 Å². The molecular weight excluding hydrogens is 405 g/mol. The SMILES string of the molecule is CC(C)N(C(C)C)P(OCCC#N)OCCn1c(O)c2c(c1O)[C@]1(C)C=C[C@@]2(C)O1. The predicted molar refractivity (Wildman–Crippen MR) is 114 cm³/mol. The monoisotopic (exact) mass is 437 g/mol. The highest BCUT2D eigenvalue weighted by Gasteiger charge is 2.56. The molecule has 0 spiro atoms. The number of aromatic hydroxyl groups is 2. The summed E-state index contributed by atoms with van der Waals surface area (Å²) in [4.78, 5) is 0. The predicted octanol–water partition coefficient (Wildman–Crippen LogP) is 4.22. The molecule has 2 aliphatic rings. The highest BCUT2D eigenvalue weighted by Crippen LogP contribution is 2.60. The Balaban J connectivity index is 1.74. The molecule has 1 aromatic rings. The van der Waals surface area contributed by atoms with E-state index in [1.54, 1.807) is 0 Å². The standard InChI is InChI=1S/C21H32N3O5P/c1-14(2)24(15(3)4)30(27-12-7-10-22)28-13-11-23-18(25)16-17(19(23)26)21(6)9-8-20(16,5)29-21/h8-9,14-15,25-26H,7,11-13H2,1-6H3/t20-,21+,30?. The van der Waals surface area contributed by atoms with Gasteiger partial charge >= 0.3 is 0 Å². The number of nitriles is 1. The Morgan fingerprint density at radius 2 is 1.57 bits per heavy atom. The van der Waals surface area contributed by atoms with Crippen molar-refractivity contribution in [2.75, 3.05) is 13.2 Å². The summed E-state index contributed by atoms with van der Waals surface area (Å²) in [6.07, 6.45) is 4.13. The molecule has 8 nitrogen and oxygen atoms in total. The van der Waals surface area contributed by atoms with Gasteiger partial charge in [-0.1, -0.05) is 0 Å². The third-order valence-electron chi connectivity index (χ3n) is 5.52. The Bertz CT molecular complexity index is 812. The van der Waals surface area contributed by atoms with Crippen molar-refractivity contribution in [2.24, 2.45) is 0 Å². The third-order valence-corrected chi connectivity index (χ3v) is 7.63. The van der Waals surface area contributed by atoms with E-state index in [1.165, 1.54) is 4.57 Å². The first kappa shape index (κ1) is 23.1.